The minimum atomic E-state index is -3.54. The fourth-order valence-electron chi connectivity index (χ4n) is 1.85. The first-order chi connectivity index (χ1) is 11.9. The van der Waals surface area contributed by atoms with Crippen molar-refractivity contribution in [3.05, 3.63) is 41.0 Å². The normalized spacial score (nSPS) is 11.8. The number of carbonyl (C=O) groups excluding carboxylic acids is 1. The summed E-state index contributed by atoms with van der Waals surface area (Å²) in [4.78, 5) is 16.0. The number of benzene rings is 1. The molecule has 0 saturated heterocycles. The van der Waals surface area contributed by atoms with Crippen LogP contribution in [-0.4, -0.2) is 29.4 Å². The van der Waals surface area contributed by atoms with Gasteiger partial charge in [-0.15, -0.1) is 0 Å². The second-order valence-electron chi connectivity index (χ2n) is 5.00. The quantitative estimate of drug-likeness (QED) is 0.612. The Morgan fingerprint density at radius 2 is 2.00 bits per heavy atom. The Hall–Kier alpha value is -2.57. The highest BCUT2D eigenvalue weighted by atomic mass is 32.2. The van der Waals surface area contributed by atoms with Crippen molar-refractivity contribution in [2.45, 2.75) is 25.4 Å². The number of amides is 1. The van der Waals surface area contributed by atoms with Crippen LogP contribution in [-0.2, 0) is 21.1 Å². The van der Waals surface area contributed by atoms with Crippen LogP contribution in [0.1, 0.15) is 25.0 Å². The summed E-state index contributed by atoms with van der Waals surface area (Å²) in [6.07, 6.45) is 2.36. The van der Waals surface area contributed by atoms with E-state index in [1.54, 1.807) is 0 Å². The Morgan fingerprint density at radius 1 is 1.32 bits per heavy atom. The highest BCUT2D eigenvalue weighted by Crippen LogP contribution is 2.17. The van der Waals surface area contributed by atoms with Gasteiger partial charge in [0.25, 0.3) is 11.1 Å². The van der Waals surface area contributed by atoms with Crippen molar-refractivity contribution in [3.8, 4) is 6.07 Å². The lowest BCUT2D eigenvalue weighted by atomic mass is 10.1. The minimum absolute atomic E-state index is 0.0273. The number of aryl methyl sites for hydroxylation is 1. The molecule has 25 heavy (non-hydrogen) atoms. The van der Waals surface area contributed by atoms with Gasteiger partial charge in [-0.3, -0.25) is 10.1 Å². The highest BCUT2D eigenvalue weighted by Gasteiger charge is 2.19. The molecule has 9 heteroatoms. The van der Waals surface area contributed by atoms with Gasteiger partial charge in [-0.1, -0.05) is 38.1 Å². The summed E-state index contributed by atoms with van der Waals surface area (Å²) in [7, 11) is -3.54. The van der Waals surface area contributed by atoms with E-state index in [2.05, 4.69) is 14.7 Å². The molecule has 0 aliphatic carbocycles. The number of carbonyl (C=O) groups is 1. The maximum absolute atomic E-state index is 12.2. The number of nitriles is 1. The summed E-state index contributed by atoms with van der Waals surface area (Å²) in [5, 5.41) is 11.3. The lowest BCUT2D eigenvalue weighted by Gasteiger charge is -2.01. The molecule has 7 nitrogen and oxygen atoms in total. The summed E-state index contributed by atoms with van der Waals surface area (Å²) in [6, 6.07) is 9.32. The molecule has 0 saturated carbocycles. The van der Waals surface area contributed by atoms with Gasteiger partial charge in [0.1, 0.15) is 11.6 Å². The smallest absolute Gasteiger partial charge is 0.268 e. The van der Waals surface area contributed by atoms with Gasteiger partial charge in [0.05, 0.1) is 5.75 Å². The van der Waals surface area contributed by atoms with E-state index in [1.807, 2.05) is 37.3 Å². The van der Waals surface area contributed by atoms with Gasteiger partial charge in [0, 0.05) is 11.5 Å². The Morgan fingerprint density at radius 3 is 2.56 bits per heavy atom. The Bertz CT molecular complexity index is 939. The van der Waals surface area contributed by atoms with Gasteiger partial charge in [-0.2, -0.15) is 14.6 Å². The molecule has 0 aliphatic rings. The Balaban J connectivity index is 2.17. The molecular formula is C16H16N4O3S2. The molecule has 130 valence electrons. The van der Waals surface area contributed by atoms with E-state index in [0.717, 1.165) is 29.1 Å². The molecule has 2 rings (SSSR count). The average molecular weight is 376 g/mol. The lowest BCUT2D eigenvalue weighted by Crippen LogP contribution is -2.13. The van der Waals surface area contributed by atoms with Gasteiger partial charge in [-0.05, 0) is 23.6 Å². The molecule has 1 aromatic carbocycles. The SMILES string of the molecule is CCc1ccc(/C=C(/C#N)C(=O)Nc2nc(S(=O)(=O)CC)ns2)cc1. The van der Waals surface area contributed by atoms with E-state index in [0.29, 0.717) is 0 Å². The number of nitrogens with zero attached hydrogens (tertiary/aromatic N) is 3. The van der Waals surface area contributed by atoms with E-state index in [4.69, 9.17) is 0 Å². The predicted octanol–water partition coefficient (Wildman–Crippen LogP) is 2.44. The third-order valence-corrected chi connectivity index (χ3v) is 5.60. The maximum Gasteiger partial charge on any atom is 0.268 e. The summed E-state index contributed by atoms with van der Waals surface area (Å²) in [6.45, 7) is 3.52. The van der Waals surface area contributed by atoms with Crippen molar-refractivity contribution in [1.29, 1.82) is 5.26 Å². The number of aromatic nitrogens is 2. The lowest BCUT2D eigenvalue weighted by molar-refractivity contribution is -0.112. The highest BCUT2D eigenvalue weighted by molar-refractivity contribution is 7.91. The number of rotatable bonds is 6. The molecule has 0 spiro atoms. The van der Waals surface area contributed by atoms with Crippen LogP contribution in [0.15, 0.2) is 35.0 Å². The molecule has 0 radical (unpaired) electrons. The molecule has 0 unspecified atom stereocenters. The van der Waals surface area contributed by atoms with Crippen LogP contribution in [0.5, 0.6) is 0 Å². The van der Waals surface area contributed by atoms with Crippen LogP contribution >= 0.6 is 11.5 Å². The summed E-state index contributed by atoms with van der Waals surface area (Å²) < 4.78 is 27.1. The molecule has 0 aliphatic heterocycles. The topological polar surface area (TPSA) is 113 Å². The van der Waals surface area contributed by atoms with Crippen molar-refractivity contribution < 1.29 is 13.2 Å². The average Bonchev–Trinajstić information content (AvgIpc) is 3.09. The maximum atomic E-state index is 12.2. The number of sulfone groups is 1. The van der Waals surface area contributed by atoms with Crippen molar-refractivity contribution in [2.24, 2.45) is 0 Å². The Kier molecular flexibility index (Phi) is 6.01. The fourth-order valence-corrected chi connectivity index (χ4v) is 3.43. The van der Waals surface area contributed by atoms with E-state index in [-0.39, 0.29) is 21.6 Å². The van der Waals surface area contributed by atoms with Gasteiger partial charge in [0.15, 0.2) is 0 Å². The van der Waals surface area contributed by atoms with E-state index in [1.165, 1.54) is 13.0 Å². The first-order valence-electron chi connectivity index (χ1n) is 7.48. The summed E-state index contributed by atoms with van der Waals surface area (Å²) in [5.41, 5.74) is 1.76. The molecule has 0 atom stereocenters. The zero-order chi connectivity index (χ0) is 18.4. The van der Waals surface area contributed by atoms with E-state index in [9.17, 15) is 18.5 Å². The van der Waals surface area contributed by atoms with Gasteiger partial charge in [0.2, 0.25) is 15.0 Å². The standard InChI is InChI=1S/C16H16N4O3S2/c1-3-11-5-7-12(8-6-11)9-13(10-17)14(21)18-15-19-16(20-24-15)25(22,23)4-2/h5-9H,3-4H2,1-2H3,(H,18,19,20,21)/b13-9-. The van der Waals surface area contributed by atoms with Crippen LogP contribution in [0.4, 0.5) is 5.13 Å². The van der Waals surface area contributed by atoms with Gasteiger partial charge >= 0.3 is 0 Å². The van der Waals surface area contributed by atoms with Crippen LogP contribution in [0, 0.1) is 11.3 Å². The van der Waals surface area contributed by atoms with E-state index >= 15 is 0 Å². The molecule has 0 bridgehead atoms. The molecule has 1 aromatic heterocycles. The third-order valence-electron chi connectivity index (χ3n) is 3.35. The monoisotopic (exact) mass is 376 g/mol. The molecule has 1 amide bonds. The largest absolute Gasteiger partial charge is 0.296 e. The summed E-state index contributed by atoms with van der Waals surface area (Å²) in [5.74, 6) is -0.799. The molecule has 1 N–H and O–H groups in total. The molecule has 0 fully saturated rings. The zero-order valence-electron chi connectivity index (χ0n) is 13.7. The second-order valence-corrected chi connectivity index (χ2v) is 7.93. The Labute approximate surface area is 150 Å². The first kappa shape index (κ1) is 18.8. The summed E-state index contributed by atoms with van der Waals surface area (Å²) >= 11 is 0.750. The van der Waals surface area contributed by atoms with Crippen molar-refractivity contribution >= 4 is 38.5 Å². The van der Waals surface area contributed by atoms with Gasteiger partial charge in [-0.25, -0.2) is 8.42 Å². The second kappa shape index (κ2) is 8.00. The van der Waals surface area contributed by atoms with Crippen molar-refractivity contribution in [1.82, 2.24) is 9.36 Å². The van der Waals surface area contributed by atoms with Crippen LogP contribution in [0.2, 0.25) is 0 Å². The first-order valence-corrected chi connectivity index (χ1v) is 9.90. The molecule has 1 heterocycles. The van der Waals surface area contributed by atoms with Crippen molar-refractivity contribution in [2.75, 3.05) is 11.1 Å². The minimum Gasteiger partial charge on any atom is -0.296 e. The van der Waals surface area contributed by atoms with E-state index < -0.39 is 15.7 Å². The third kappa shape index (κ3) is 4.71. The number of nitrogens with one attached hydrogen (secondary N) is 1. The van der Waals surface area contributed by atoms with Gasteiger partial charge < -0.3 is 0 Å². The van der Waals surface area contributed by atoms with Crippen LogP contribution in [0.3, 0.4) is 0 Å². The number of hydrogen-bond acceptors (Lipinski definition) is 7. The molecular weight excluding hydrogens is 360 g/mol. The number of hydrogen-bond donors (Lipinski definition) is 1. The fraction of sp³-hybridized carbons (Fsp3) is 0.250. The van der Waals surface area contributed by atoms with Crippen LogP contribution in [0.25, 0.3) is 6.08 Å². The van der Waals surface area contributed by atoms with Crippen molar-refractivity contribution in [3.63, 3.8) is 0 Å². The van der Waals surface area contributed by atoms with Crippen LogP contribution < -0.4 is 5.32 Å². The number of anilines is 1. The zero-order valence-corrected chi connectivity index (χ0v) is 15.3. The predicted molar refractivity (Wildman–Crippen MR) is 95.7 cm³/mol. The molecule has 2 aromatic rings.